The molecule has 0 bridgehead atoms. The van der Waals surface area contributed by atoms with Crippen molar-refractivity contribution in [1.82, 2.24) is 0 Å². The average Bonchev–Trinajstić information content (AvgIpc) is 3.06. The maximum Gasteiger partial charge on any atom is 0.205 e. The van der Waals surface area contributed by atoms with Crippen LogP contribution in [0.2, 0.25) is 0 Å². The van der Waals surface area contributed by atoms with E-state index in [0.29, 0.717) is 5.92 Å². The van der Waals surface area contributed by atoms with Gasteiger partial charge in [0.15, 0.2) is 0 Å². The van der Waals surface area contributed by atoms with Crippen LogP contribution in [0.1, 0.15) is 69.8 Å². The number of ether oxygens (including phenoxy) is 2. The van der Waals surface area contributed by atoms with Crippen molar-refractivity contribution in [2.45, 2.75) is 59.4 Å². The van der Waals surface area contributed by atoms with Crippen LogP contribution in [-0.4, -0.2) is 6.29 Å². The van der Waals surface area contributed by atoms with Crippen molar-refractivity contribution in [3.8, 4) is 16.9 Å². The van der Waals surface area contributed by atoms with Gasteiger partial charge in [0.25, 0.3) is 0 Å². The van der Waals surface area contributed by atoms with Gasteiger partial charge in [0.2, 0.25) is 6.29 Å². The number of hydrogen-bond donors (Lipinski definition) is 0. The first-order valence-electron chi connectivity index (χ1n) is 11.0. The molecule has 0 aliphatic heterocycles. The van der Waals surface area contributed by atoms with Gasteiger partial charge in [-0.15, -0.1) is 0 Å². The summed E-state index contributed by atoms with van der Waals surface area (Å²) >= 11 is 0. The lowest BCUT2D eigenvalue weighted by Gasteiger charge is -2.33. The molecule has 0 heterocycles. The highest BCUT2D eigenvalue weighted by atomic mass is 16.7. The summed E-state index contributed by atoms with van der Waals surface area (Å²) in [7, 11) is 0. The fourth-order valence-electron chi connectivity index (χ4n) is 4.02. The Morgan fingerprint density at radius 2 is 1.33 bits per heavy atom. The summed E-state index contributed by atoms with van der Waals surface area (Å²) < 4.78 is 13.1. The summed E-state index contributed by atoms with van der Waals surface area (Å²) in [5, 5.41) is 0. The summed E-state index contributed by atoms with van der Waals surface area (Å²) in [5.41, 5.74) is 6.10. The topological polar surface area (TPSA) is 18.5 Å². The standard InChI is InChI=1S/C28H32O2/c1-6-19(2)20-15-17-21(18-16-20)29-27(28(3,4)5)30-26-24-13-9-7-11-22(24)23-12-8-10-14-25(23)26/h7-19,26-27H,6H2,1-5H3. The largest absolute Gasteiger partial charge is 0.464 e. The molecule has 3 aromatic carbocycles. The van der Waals surface area contributed by atoms with Crippen molar-refractivity contribution < 1.29 is 9.47 Å². The zero-order valence-electron chi connectivity index (χ0n) is 18.7. The summed E-state index contributed by atoms with van der Waals surface area (Å²) in [6, 6.07) is 25.5. The number of rotatable bonds is 6. The second-order valence-corrected chi connectivity index (χ2v) is 9.38. The molecule has 2 unspecified atom stereocenters. The predicted octanol–water partition coefficient (Wildman–Crippen LogP) is 7.74. The van der Waals surface area contributed by atoms with Gasteiger partial charge >= 0.3 is 0 Å². The quantitative estimate of drug-likeness (QED) is 0.394. The third-order valence-electron chi connectivity index (χ3n) is 6.05. The fraction of sp³-hybridized carbons (Fsp3) is 0.357. The van der Waals surface area contributed by atoms with Crippen LogP contribution in [0.4, 0.5) is 0 Å². The van der Waals surface area contributed by atoms with E-state index in [-0.39, 0.29) is 17.8 Å². The van der Waals surface area contributed by atoms with E-state index in [4.69, 9.17) is 9.47 Å². The third kappa shape index (κ3) is 4.02. The van der Waals surface area contributed by atoms with Crippen molar-refractivity contribution in [1.29, 1.82) is 0 Å². The van der Waals surface area contributed by atoms with Gasteiger partial charge in [0, 0.05) is 5.41 Å². The van der Waals surface area contributed by atoms with Crippen LogP contribution >= 0.6 is 0 Å². The Morgan fingerprint density at radius 3 is 1.83 bits per heavy atom. The van der Waals surface area contributed by atoms with Crippen LogP contribution in [-0.2, 0) is 4.74 Å². The molecule has 2 heteroatoms. The molecule has 1 aliphatic carbocycles. The van der Waals surface area contributed by atoms with Crippen molar-refractivity contribution in [3.05, 3.63) is 89.5 Å². The van der Waals surface area contributed by atoms with Crippen LogP contribution in [0.15, 0.2) is 72.8 Å². The van der Waals surface area contributed by atoms with Crippen LogP contribution in [0.25, 0.3) is 11.1 Å². The third-order valence-corrected chi connectivity index (χ3v) is 6.05. The molecule has 30 heavy (non-hydrogen) atoms. The van der Waals surface area contributed by atoms with E-state index >= 15 is 0 Å². The Morgan fingerprint density at radius 1 is 0.800 bits per heavy atom. The zero-order chi connectivity index (χ0) is 21.3. The molecule has 0 spiro atoms. The van der Waals surface area contributed by atoms with Crippen molar-refractivity contribution in [2.24, 2.45) is 5.41 Å². The lowest BCUT2D eigenvalue weighted by atomic mass is 9.95. The van der Waals surface area contributed by atoms with E-state index in [1.165, 1.54) is 27.8 Å². The molecular formula is C28H32O2. The summed E-state index contributed by atoms with van der Waals surface area (Å²) in [6.07, 6.45) is 0.631. The first-order chi connectivity index (χ1) is 14.4. The second-order valence-electron chi connectivity index (χ2n) is 9.38. The Labute approximate surface area is 180 Å². The van der Waals surface area contributed by atoms with Gasteiger partial charge in [-0.25, -0.2) is 0 Å². The first kappa shape index (κ1) is 20.7. The second kappa shape index (κ2) is 8.28. The lowest BCUT2D eigenvalue weighted by Crippen LogP contribution is -2.36. The summed E-state index contributed by atoms with van der Waals surface area (Å²) in [4.78, 5) is 0. The molecule has 3 aromatic rings. The van der Waals surface area contributed by atoms with Gasteiger partial charge in [-0.1, -0.05) is 95.3 Å². The summed E-state index contributed by atoms with van der Waals surface area (Å²) in [5.74, 6) is 1.40. The smallest absolute Gasteiger partial charge is 0.205 e. The van der Waals surface area contributed by atoms with Crippen LogP contribution in [0.3, 0.4) is 0 Å². The van der Waals surface area contributed by atoms with Gasteiger partial charge in [0.1, 0.15) is 11.9 Å². The minimum Gasteiger partial charge on any atom is -0.464 e. The number of hydrogen-bond acceptors (Lipinski definition) is 2. The monoisotopic (exact) mass is 400 g/mol. The molecule has 0 radical (unpaired) electrons. The average molecular weight is 401 g/mol. The van der Waals surface area contributed by atoms with E-state index in [2.05, 4.69) is 107 Å². The molecule has 0 fully saturated rings. The van der Waals surface area contributed by atoms with E-state index in [1.54, 1.807) is 0 Å². The Kier molecular flexibility index (Phi) is 5.71. The maximum atomic E-state index is 6.71. The fourth-order valence-corrected chi connectivity index (χ4v) is 4.02. The molecule has 1 aliphatic rings. The Bertz CT molecular complexity index is 952. The molecular weight excluding hydrogens is 368 g/mol. The van der Waals surface area contributed by atoms with Gasteiger partial charge < -0.3 is 9.47 Å². The lowest BCUT2D eigenvalue weighted by molar-refractivity contribution is -0.162. The zero-order valence-corrected chi connectivity index (χ0v) is 18.7. The summed E-state index contributed by atoms with van der Waals surface area (Å²) in [6.45, 7) is 11.0. The first-order valence-corrected chi connectivity index (χ1v) is 11.0. The van der Waals surface area contributed by atoms with Gasteiger partial charge in [-0.2, -0.15) is 0 Å². The minimum atomic E-state index is -0.379. The molecule has 0 saturated carbocycles. The molecule has 0 saturated heterocycles. The Hall–Kier alpha value is -2.58. The highest BCUT2D eigenvalue weighted by Gasteiger charge is 2.36. The van der Waals surface area contributed by atoms with E-state index < -0.39 is 0 Å². The van der Waals surface area contributed by atoms with Crippen molar-refractivity contribution in [3.63, 3.8) is 0 Å². The van der Waals surface area contributed by atoms with Crippen molar-refractivity contribution in [2.75, 3.05) is 0 Å². The van der Waals surface area contributed by atoms with Gasteiger partial charge in [-0.3, -0.25) is 0 Å². The molecule has 2 nitrogen and oxygen atoms in total. The van der Waals surface area contributed by atoms with E-state index in [1.807, 2.05) is 0 Å². The number of benzene rings is 3. The highest BCUT2D eigenvalue weighted by Crippen LogP contribution is 2.46. The van der Waals surface area contributed by atoms with Crippen LogP contribution in [0.5, 0.6) is 5.75 Å². The van der Waals surface area contributed by atoms with Crippen LogP contribution < -0.4 is 4.74 Å². The van der Waals surface area contributed by atoms with Gasteiger partial charge in [0.05, 0.1) is 0 Å². The molecule has 2 atom stereocenters. The molecule has 0 aromatic heterocycles. The molecule has 0 N–H and O–H groups in total. The van der Waals surface area contributed by atoms with Crippen molar-refractivity contribution >= 4 is 0 Å². The van der Waals surface area contributed by atoms with E-state index in [9.17, 15) is 0 Å². The molecule has 4 rings (SSSR count). The normalized spacial score (nSPS) is 15.4. The van der Waals surface area contributed by atoms with Crippen LogP contribution in [0, 0.1) is 5.41 Å². The minimum absolute atomic E-state index is 0.124. The molecule has 156 valence electrons. The Balaban J connectivity index is 1.62. The maximum absolute atomic E-state index is 6.71. The SMILES string of the molecule is CCC(C)c1ccc(OC(OC2c3ccccc3-c3ccccc32)C(C)(C)C)cc1. The highest BCUT2D eigenvalue weighted by molar-refractivity contribution is 5.78. The van der Waals surface area contributed by atoms with Gasteiger partial charge in [-0.05, 0) is 52.3 Å². The predicted molar refractivity (Wildman–Crippen MR) is 124 cm³/mol. The van der Waals surface area contributed by atoms with E-state index in [0.717, 1.165) is 12.2 Å². The number of fused-ring (bicyclic) bond motifs is 3. The molecule has 0 amide bonds.